The minimum atomic E-state index is -0.127. The summed E-state index contributed by atoms with van der Waals surface area (Å²) in [7, 11) is 0. The maximum atomic E-state index is 6.10. The quantitative estimate of drug-likeness (QED) is 0.725. The van der Waals surface area contributed by atoms with Gasteiger partial charge in [-0.2, -0.15) is 0 Å². The van der Waals surface area contributed by atoms with Crippen LogP contribution < -0.4 is 0 Å². The first-order chi connectivity index (χ1) is 8.98. The molecule has 0 radical (unpaired) electrons. The Balaban J connectivity index is 1.73. The van der Waals surface area contributed by atoms with Gasteiger partial charge in [-0.3, -0.25) is 0 Å². The largest absolute Gasteiger partial charge is 0.444 e. The standard InChI is InChI=1S/C16H22ClNO/c1-10(17)14-18-8-13(19-14)16-6-11-3-12(7-16)5-15(2,4-11)9-16/h8,10-12H,3-7,9H2,1-2H3. The number of hydrogen-bond donors (Lipinski definition) is 0. The molecule has 0 saturated heterocycles. The van der Waals surface area contributed by atoms with Crippen LogP contribution in [0.15, 0.2) is 10.6 Å². The molecule has 0 amide bonds. The highest BCUT2D eigenvalue weighted by Gasteiger charge is 2.57. The summed E-state index contributed by atoms with van der Waals surface area (Å²) in [6.45, 7) is 4.42. The highest BCUT2D eigenvalue weighted by molar-refractivity contribution is 6.20. The van der Waals surface area contributed by atoms with Crippen LogP contribution in [0, 0.1) is 17.3 Å². The van der Waals surface area contributed by atoms with Crippen LogP contribution in [0.25, 0.3) is 0 Å². The van der Waals surface area contributed by atoms with Gasteiger partial charge in [0.05, 0.1) is 6.20 Å². The fourth-order valence-electron chi connectivity index (χ4n) is 5.73. The average Bonchev–Trinajstić information content (AvgIpc) is 2.74. The summed E-state index contributed by atoms with van der Waals surface area (Å²) in [5, 5.41) is -0.127. The van der Waals surface area contributed by atoms with E-state index in [1.807, 2.05) is 13.1 Å². The molecule has 5 rings (SSSR count). The smallest absolute Gasteiger partial charge is 0.212 e. The van der Waals surface area contributed by atoms with E-state index in [-0.39, 0.29) is 10.8 Å². The Morgan fingerprint density at radius 1 is 1.32 bits per heavy atom. The Kier molecular flexibility index (Phi) is 2.44. The van der Waals surface area contributed by atoms with Crippen LogP contribution in [0.1, 0.15) is 69.4 Å². The van der Waals surface area contributed by atoms with Gasteiger partial charge in [-0.1, -0.05) is 6.92 Å². The third-order valence-electron chi connectivity index (χ3n) is 5.74. The Hall–Kier alpha value is -0.500. The lowest BCUT2D eigenvalue weighted by atomic mass is 9.44. The highest BCUT2D eigenvalue weighted by atomic mass is 35.5. The van der Waals surface area contributed by atoms with Gasteiger partial charge in [0.15, 0.2) is 0 Å². The molecule has 1 aromatic heterocycles. The van der Waals surface area contributed by atoms with Gasteiger partial charge in [0, 0.05) is 5.41 Å². The van der Waals surface area contributed by atoms with Crippen LogP contribution in [0.3, 0.4) is 0 Å². The van der Waals surface area contributed by atoms with Gasteiger partial charge >= 0.3 is 0 Å². The summed E-state index contributed by atoms with van der Waals surface area (Å²) in [6.07, 6.45) is 10.2. The molecule has 0 N–H and O–H groups in total. The van der Waals surface area contributed by atoms with Crippen molar-refractivity contribution in [1.29, 1.82) is 0 Å². The van der Waals surface area contributed by atoms with Gasteiger partial charge < -0.3 is 4.42 Å². The summed E-state index contributed by atoms with van der Waals surface area (Å²) >= 11 is 6.10. The third kappa shape index (κ3) is 1.79. The van der Waals surface area contributed by atoms with Crippen molar-refractivity contribution >= 4 is 11.6 Å². The summed E-state index contributed by atoms with van der Waals surface area (Å²) in [5.74, 6) is 3.63. The lowest BCUT2D eigenvalue weighted by Crippen LogP contribution is -2.52. The van der Waals surface area contributed by atoms with Crippen LogP contribution >= 0.6 is 11.6 Å². The van der Waals surface area contributed by atoms with Crippen molar-refractivity contribution in [3.8, 4) is 0 Å². The molecular formula is C16H22ClNO. The van der Waals surface area contributed by atoms with E-state index >= 15 is 0 Å². The molecule has 0 spiro atoms. The summed E-state index contributed by atoms with van der Waals surface area (Å²) < 4.78 is 6.03. The first-order valence-electron chi connectivity index (χ1n) is 7.58. The second-order valence-electron chi connectivity index (χ2n) is 7.73. The number of hydrogen-bond acceptors (Lipinski definition) is 2. The van der Waals surface area contributed by atoms with E-state index in [0.29, 0.717) is 11.3 Å². The Morgan fingerprint density at radius 3 is 2.53 bits per heavy atom. The zero-order chi connectivity index (χ0) is 13.3. The Labute approximate surface area is 119 Å². The van der Waals surface area contributed by atoms with Gasteiger partial charge in [0.25, 0.3) is 0 Å². The molecule has 4 fully saturated rings. The molecule has 0 aliphatic heterocycles. The minimum Gasteiger partial charge on any atom is -0.444 e. The van der Waals surface area contributed by atoms with E-state index in [4.69, 9.17) is 16.0 Å². The van der Waals surface area contributed by atoms with Crippen LogP contribution in [0.2, 0.25) is 0 Å². The summed E-state index contributed by atoms with van der Waals surface area (Å²) in [5.41, 5.74) is 0.819. The summed E-state index contributed by atoms with van der Waals surface area (Å²) in [4.78, 5) is 4.40. The fraction of sp³-hybridized carbons (Fsp3) is 0.812. The van der Waals surface area contributed by atoms with E-state index in [1.165, 1.54) is 38.5 Å². The highest BCUT2D eigenvalue weighted by Crippen LogP contribution is 2.65. The summed E-state index contributed by atoms with van der Waals surface area (Å²) in [6, 6.07) is 0. The molecule has 2 nitrogen and oxygen atoms in total. The molecule has 4 aliphatic rings. The molecule has 3 heteroatoms. The first kappa shape index (κ1) is 12.3. The molecule has 3 atom stereocenters. The molecule has 1 aromatic rings. The van der Waals surface area contributed by atoms with Crippen LogP contribution in [-0.4, -0.2) is 4.98 Å². The molecule has 0 aromatic carbocycles. The monoisotopic (exact) mass is 279 g/mol. The first-order valence-corrected chi connectivity index (χ1v) is 8.02. The molecule has 4 aliphatic carbocycles. The topological polar surface area (TPSA) is 26.0 Å². The molecule has 1 heterocycles. The zero-order valence-electron chi connectivity index (χ0n) is 11.8. The average molecular weight is 280 g/mol. The van der Waals surface area contributed by atoms with Crippen LogP contribution in [0.5, 0.6) is 0 Å². The normalized spacial score (nSPS) is 45.6. The molecule has 4 saturated carbocycles. The van der Waals surface area contributed by atoms with Gasteiger partial charge in [-0.25, -0.2) is 4.98 Å². The number of aromatic nitrogens is 1. The fourth-order valence-corrected chi connectivity index (χ4v) is 5.83. The molecule has 104 valence electrons. The van der Waals surface area contributed by atoms with Crippen molar-refractivity contribution < 1.29 is 4.42 Å². The third-order valence-corrected chi connectivity index (χ3v) is 5.93. The van der Waals surface area contributed by atoms with E-state index in [2.05, 4.69) is 11.9 Å². The lowest BCUT2D eigenvalue weighted by molar-refractivity contribution is -0.0692. The van der Waals surface area contributed by atoms with E-state index in [1.54, 1.807) is 0 Å². The van der Waals surface area contributed by atoms with Crippen molar-refractivity contribution in [2.45, 2.75) is 63.2 Å². The Morgan fingerprint density at radius 2 is 2.00 bits per heavy atom. The van der Waals surface area contributed by atoms with Crippen molar-refractivity contribution in [2.24, 2.45) is 17.3 Å². The second-order valence-corrected chi connectivity index (χ2v) is 8.39. The molecule has 4 bridgehead atoms. The maximum absolute atomic E-state index is 6.10. The van der Waals surface area contributed by atoms with Gasteiger partial charge in [-0.15, -0.1) is 11.6 Å². The van der Waals surface area contributed by atoms with E-state index in [0.717, 1.165) is 17.6 Å². The molecular weight excluding hydrogens is 258 g/mol. The van der Waals surface area contributed by atoms with Crippen molar-refractivity contribution in [1.82, 2.24) is 4.98 Å². The van der Waals surface area contributed by atoms with Crippen molar-refractivity contribution in [2.75, 3.05) is 0 Å². The van der Waals surface area contributed by atoms with Crippen molar-refractivity contribution in [3.63, 3.8) is 0 Å². The second kappa shape index (κ2) is 3.78. The van der Waals surface area contributed by atoms with Gasteiger partial charge in [0.2, 0.25) is 5.89 Å². The predicted molar refractivity (Wildman–Crippen MR) is 75.2 cm³/mol. The van der Waals surface area contributed by atoms with Crippen molar-refractivity contribution in [3.05, 3.63) is 17.8 Å². The van der Waals surface area contributed by atoms with Crippen LogP contribution in [0.4, 0.5) is 0 Å². The minimum absolute atomic E-state index is 0.127. The molecule has 3 unspecified atom stereocenters. The number of nitrogens with zero attached hydrogens (tertiary/aromatic N) is 1. The predicted octanol–water partition coefficient (Wildman–Crippen LogP) is 4.83. The van der Waals surface area contributed by atoms with E-state index in [9.17, 15) is 0 Å². The van der Waals surface area contributed by atoms with Gasteiger partial charge in [0.1, 0.15) is 11.1 Å². The number of oxazole rings is 1. The van der Waals surface area contributed by atoms with E-state index < -0.39 is 0 Å². The number of halogens is 1. The molecule has 19 heavy (non-hydrogen) atoms. The van der Waals surface area contributed by atoms with Gasteiger partial charge in [-0.05, 0) is 62.7 Å². The Bertz CT molecular complexity index is 493. The lowest BCUT2D eigenvalue weighted by Gasteiger charge is -2.60. The zero-order valence-corrected chi connectivity index (χ0v) is 12.5. The SMILES string of the molecule is CC(Cl)c1ncc(C23CC4CC(CC(C)(C4)C2)C3)o1. The number of alkyl halides is 1. The maximum Gasteiger partial charge on any atom is 0.212 e. The van der Waals surface area contributed by atoms with Crippen LogP contribution in [-0.2, 0) is 5.41 Å². The number of rotatable bonds is 2.